The summed E-state index contributed by atoms with van der Waals surface area (Å²) >= 11 is 0. The molecule has 0 spiro atoms. The molecule has 2 heteroatoms. The van der Waals surface area contributed by atoms with Gasteiger partial charge in [0, 0.05) is 10.9 Å². The number of hydrogen-bond acceptors (Lipinski definition) is 0. The van der Waals surface area contributed by atoms with Gasteiger partial charge in [0.15, 0.2) is 0 Å². The van der Waals surface area contributed by atoms with Gasteiger partial charge in [-0.1, -0.05) is 12.0 Å². The van der Waals surface area contributed by atoms with Crippen molar-refractivity contribution in [2.24, 2.45) is 0 Å². The summed E-state index contributed by atoms with van der Waals surface area (Å²) in [5.74, 6) is 2.07. The standard InChI is InChI=1S/C8H6FP/c1-2-6-3-4-8(10)7(9)5-6/h1,3-5H,10H2. The Hall–Kier alpha value is -0.860. The molecule has 0 heterocycles. The van der Waals surface area contributed by atoms with Crippen LogP contribution >= 0.6 is 9.24 Å². The van der Waals surface area contributed by atoms with E-state index in [4.69, 9.17) is 6.42 Å². The molecule has 1 atom stereocenters. The molecule has 1 rings (SSSR count). The van der Waals surface area contributed by atoms with Crippen LogP contribution in [0.5, 0.6) is 0 Å². The van der Waals surface area contributed by atoms with Gasteiger partial charge in [-0.05, 0) is 12.1 Å². The van der Waals surface area contributed by atoms with Crippen molar-refractivity contribution in [2.45, 2.75) is 0 Å². The lowest BCUT2D eigenvalue weighted by molar-refractivity contribution is 0.636. The summed E-state index contributed by atoms with van der Waals surface area (Å²) in [6, 6.07) is 4.67. The van der Waals surface area contributed by atoms with Crippen molar-refractivity contribution >= 4 is 14.5 Å². The van der Waals surface area contributed by atoms with Crippen LogP contribution in [-0.4, -0.2) is 0 Å². The lowest BCUT2D eigenvalue weighted by Crippen LogP contribution is -1.96. The summed E-state index contributed by atoms with van der Waals surface area (Å²) in [4.78, 5) is 0. The van der Waals surface area contributed by atoms with Crippen LogP contribution in [0, 0.1) is 18.2 Å². The lowest BCUT2D eigenvalue weighted by Gasteiger charge is -1.94. The highest BCUT2D eigenvalue weighted by molar-refractivity contribution is 7.27. The Morgan fingerprint density at radius 1 is 1.50 bits per heavy atom. The quantitative estimate of drug-likeness (QED) is 0.388. The molecule has 50 valence electrons. The van der Waals surface area contributed by atoms with E-state index in [0.717, 1.165) is 0 Å². The summed E-state index contributed by atoms with van der Waals surface area (Å²) in [5, 5.41) is 0.541. The van der Waals surface area contributed by atoms with Gasteiger partial charge in [-0.3, -0.25) is 0 Å². The Bertz CT molecular complexity index is 286. The molecule has 0 saturated heterocycles. The van der Waals surface area contributed by atoms with E-state index in [1.54, 1.807) is 12.1 Å². The fourth-order valence-corrected chi connectivity index (χ4v) is 0.796. The monoisotopic (exact) mass is 152 g/mol. The molecule has 0 aliphatic heterocycles. The fourth-order valence-electron chi connectivity index (χ4n) is 0.617. The van der Waals surface area contributed by atoms with E-state index >= 15 is 0 Å². The molecule has 1 unspecified atom stereocenters. The fraction of sp³-hybridized carbons (Fsp3) is 0. The van der Waals surface area contributed by atoms with Crippen LogP contribution in [0.3, 0.4) is 0 Å². The van der Waals surface area contributed by atoms with Gasteiger partial charge in [0.25, 0.3) is 0 Å². The topological polar surface area (TPSA) is 0 Å². The van der Waals surface area contributed by atoms with Crippen molar-refractivity contribution in [1.82, 2.24) is 0 Å². The molecule has 0 saturated carbocycles. The van der Waals surface area contributed by atoms with E-state index in [1.807, 2.05) is 0 Å². The van der Waals surface area contributed by atoms with Crippen molar-refractivity contribution in [3.05, 3.63) is 29.6 Å². The summed E-state index contributed by atoms with van der Waals surface area (Å²) in [5.41, 5.74) is 0.573. The van der Waals surface area contributed by atoms with Crippen molar-refractivity contribution in [2.75, 3.05) is 0 Å². The minimum absolute atomic E-state index is 0.277. The van der Waals surface area contributed by atoms with Crippen LogP contribution in [0.25, 0.3) is 0 Å². The summed E-state index contributed by atoms with van der Waals surface area (Å²) < 4.78 is 12.6. The van der Waals surface area contributed by atoms with E-state index in [1.165, 1.54) is 6.07 Å². The Labute approximate surface area is 61.7 Å². The second-order valence-electron chi connectivity index (χ2n) is 1.88. The molecular formula is C8H6FP. The number of terminal acetylenes is 1. The predicted molar refractivity (Wildman–Crippen MR) is 43.7 cm³/mol. The Kier molecular flexibility index (Phi) is 2.04. The van der Waals surface area contributed by atoms with E-state index in [-0.39, 0.29) is 5.82 Å². The van der Waals surface area contributed by atoms with Gasteiger partial charge in [0.2, 0.25) is 0 Å². The zero-order valence-corrected chi connectivity index (χ0v) is 6.42. The summed E-state index contributed by atoms with van der Waals surface area (Å²) in [6.07, 6.45) is 5.05. The third kappa shape index (κ3) is 1.35. The zero-order valence-electron chi connectivity index (χ0n) is 5.26. The maximum atomic E-state index is 12.6. The first-order chi connectivity index (χ1) is 4.74. The molecule has 1 aromatic carbocycles. The highest BCUT2D eigenvalue weighted by atomic mass is 31.0. The molecule has 0 aromatic heterocycles. The molecule has 0 nitrogen and oxygen atoms in total. The molecule has 0 bridgehead atoms. The van der Waals surface area contributed by atoms with E-state index < -0.39 is 0 Å². The smallest absolute Gasteiger partial charge is 0.131 e. The van der Waals surface area contributed by atoms with Crippen LogP contribution in [-0.2, 0) is 0 Å². The van der Waals surface area contributed by atoms with Crippen molar-refractivity contribution < 1.29 is 4.39 Å². The van der Waals surface area contributed by atoms with Gasteiger partial charge in [-0.15, -0.1) is 15.7 Å². The molecule has 0 amide bonds. The molecule has 10 heavy (non-hydrogen) atoms. The van der Waals surface area contributed by atoms with Gasteiger partial charge in [-0.25, -0.2) is 4.39 Å². The van der Waals surface area contributed by atoms with E-state index in [9.17, 15) is 4.39 Å². The Balaban J connectivity index is 3.20. The van der Waals surface area contributed by atoms with Gasteiger partial charge >= 0.3 is 0 Å². The third-order valence-electron chi connectivity index (χ3n) is 1.17. The van der Waals surface area contributed by atoms with Crippen LogP contribution in [0.2, 0.25) is 0 Å². The van der Waals surface area contributed by atoms with Crippen molar-refractivity contribution in [3.63, 3.8) is 0 Å². The molecule has 0 aliphatic carbocycles. The largest absolute Gasteiger partial charge is 0.206 e. The minimum Gasteiger partial charge on any atom is -0.206 e. The van der Waals surface area contributed by atoms with E-state index in [2.05, 4.69) is 15.2 Å². The maximum Gasteiger partial charge on any atom is 0.131 e. The first-order valence-corrected chi connectivity index (χ1v) is 3.33. The maximum absolute atomic E-state index is 12.6. The molecule has 0 aliphatic rings. The zero-order chi connectivity index (χ0) is 7.56. The third-order valence-corrected chi connectivity index (χ3v) is 1.64. The average molecular weight is 152 g/mol. The SMILES string of the molecule is C#Cc1ccc(P)c(F)c1. The van der Waals surface area contributed by atoms with Crippen LogP contribution in [0.15, 0.2) is 18.2 Å². The number of rotatable bonds is 0. The molecular weight excluding hydrogens is 146 g/mol. The molecule has 1 aromatic rings. The molecule has 0 fully saturated rings. The first-order valence-electron chi connectivity index (χ1n) is 2.75. The predicted octanol–water partition coefficient (Wildman–Crippen LogP) is 1.31. The average Bonchev–Trinajstić information content (AvgIpc) is 1.95. The highest BCUT2D eigenvalue weighted by Crippen LogP contribution is 2.02. The Morgan fingerprint density at radius 2 is 2.20 bits per heavy atom. The first kappa shape index (κ1) is 7.25. The van der Waals surface area contributed by atoms with Gasteiger partial charge in [-0.2, -0.15) is 0 Å². The van der Waals surface area contributed by atoms with Crippen LogP contribution in [0.1, 0.15) is 5.56 Å². The molecule has 0 radical (unpaired) electrons. The lowest BCUT2D eigenvalue weighted by atomic mass is 10.2. The number of halogens is 1. The normalized spacial score (nSPS) is 8.90. The van der Waals surface area contributed by atoms with Gasteiger partial charge in [0.1, 0.15) is 5.82 Å². The number of hydrogen-bond donors (Lipinski definition) is 0. The van der Waals surface area contributed by atoms with Gasteiger partial charge in [0.05, 0.1) is 0 Å². The second-order valence-corrected chi connectivity index (χ2v) is 2.50. The van der Waals surface area contributed by atoms with Gasteiger partial charge < -0.3 is 0 Å². The second kappa shape index (κ2) is 2.82. The number of benzene rings is 1. The highest BCUT2D eigenvalue weighted by Gasteiger charge is 1.95. The summed E-state index contributed by atoms with van der Waals surface area (Å²) in [7, 11) is 2.29. The Morgan fingerprint density at radius 3 is 2.70 bits per heavy atom. The minimum atomic E-state index is -0.277. The van der Waals surface area contributed by atoms with Crippen LogP contribution < -0.4 is 5.30 Å². The van der Waals surface area contributed by atoms with Crippen molar-refractivity contribution in [1.29, 1.82) is 0 Å². The molecule has 0 N–H and O–H groups in total. The van der Waals surface area contributed by atoms with E-state index in [0.29, 0.717) is 10.9 Å². The summed E-state index contributed by atoms with van der Waals surface area (Å²) in [6.45, 7) is 0. The van der Waals surface area contributed by atoms with Crippen LogP contribution in [0.4, 0.5) is 4.39 Å². The van der Waals surface area contributed by atoms with Crippen molar-refractivity contribution in [3.8, 4) is 12.3 Å².